The Bertz CT molecular complexity index is 252. The fourth-order valence-electron chi connectivity index (χ4n) is 0.642. The first-order valence-corrected chi connectivity index (χ1v) is 4.30. The topological polar surface area (TPSA) is 50.4 Å². The predicted molar refractivity (Wildman–Crippen MR) is 43.7 cm³/mol. The lowest BCUT2D eigenvalue weighted by Crippen LogP contribution is -2.45. The number of nitrogens with one attached hydrogen (secondary N) is 2. The summed E-state index contributed by atoms with van der Waals surface area (Å²) in [5, 5.41) is 1.48. The highest BCUT2D eigenvalue weighted by Crippen LogP contribution is 2.14. The van der Waals surface area contributed by atoms with Crippen LogP contribution in [0.1, 0.15) is 6.92 Å². The van der Waals surface area contributed by atoms with Gasteiger partial charge in [-0.1, -0.05) is 0 Å². The quantitative estimate of drug-likeness (QED) is 0.580. The molecular formula is C7H10F6N2O2. The van der Waals surface area contributed by atoms with Crippen molar-refractivity contribution in [3.05, 3.63) is 0 Å². The van der Waals surface area contributed by atoms with Crippen molar-refractivity contribution in [1.82, 2.24) is 10.8 Å². The van der Waals surface area contributed by atoms with Gasteiger partial charge in [0, 0.05) is 0 Å². The summed E-state index contributed by atoms with van der Waals surface area (Å²) in [5.41, 5.74) is 1.68. The van der Waals surface area contributed by atoms with Crippen LogP contribution in [0.15, 0.2) is 0 Å². The lowest BCUT2D eigenvalue weighted by atomic mass is 10.3. The summed E-state index contributed by atoms with van der Waals surface area (Å²) in [7, 11) is 0. The number of amides is 1. The zero-order valence-electron chi connectivity index (χ0n) is 8.58. The summed E-state index contributed by atoms with van der Waals surface area (Å²) < 4.78 is 69.8. The standard InChI is InChI=1S/C7H10F6N2O2/c1-4(15-17-3-7(11,12)13)5(16)14-2-6(8,9)10/h4,15H,2-3H2,1H3,(H,14,16). The molecule has 2 N–H and O–H groups in total. The van der Waals surface area contributed by atoms with Gasteiger partial charge < -0.3 is 5.32 Å². The molecule has 0 spiro atoms. The molecule has 4 nitrogen and oxygen atoms in total. The number of rotatable bonds is 5. The minimum atomic E-state index is -4.59. The Hall–Kier alpha value is -1.03. The average Bonchev–Trinajstić information content (AvgIpc) is 2.10. The Labute approximate surface area is 92.3 Å². The van der Waals surface area contributed by atoms with E-state index in [2.05, 4.69) is 4.84 Å². The molecule has 0 aliphatic heterocycles. The molecule has 0 bridgehead atoms. The third kappa shape index (κ3) is 9.87. The zero-order valence-corrected chi connectivity index (χ0v) is 8.58. The number of carbonyl (C=O) groups is 1. The predicted octanol–water partition coefficient (Wildman–Crippen LogP) is 1.14. The molecule has 0 heterocycles. The zero-order chi connectivity index (χ0) is 13.7. The van der Waals surface area contributed by atoms with Gasteiger partial charge in [0.1, 0.15) is 12.6 Å². The Balaban J connectivity index is 3.83. The second kappa shape index (κ2) is 6.05. The van der Waals surface area contributed by atoms with Crippen LogP contribution in [0.2, 0.25) is 0 Å². The molecule has 17 heavy (non-hydrogen) atoms. The molecule has 102 valence electrons. The number of alkyl halides is 6. The number of carbonyl (C=O) groups excluding carboxylic acids is 1. The molecule has 0 aromatic rings. The Morgan fingerprint density at radius 2 is 1.71 bits per heavy atom. The third-order valence-electron chi connectivity index (χ3n) is 1.35. The maximum atomic E-state index is 11.7. The van der Waals surface area contributed by atoms with Crippen molar-refractivity contribution in [1.29, 1.82) is 0 Å². The van der Waals surface area contributed by atoms with Gasteiger partial charge in [-0.3, -0.25) is 9.63 Å². The van der Waals surface area contributed by atoms with Crippen LogP contribution in [-0.2, 0) is 9.63 Å². The van der Waals surface area contributed by atoms with E-state index in [9.17, 15) is 31.1 Å². The lowest BCUT2D eigenvalue weighted by molar-refractivity contribution is -0.193. The second-order valence-electron chi connectivity index (χ2n) is 3.08. The molecular weight excluding hydrogens is 258 g/mol. The van der Waals surface area contributed by atoms with Gasteiger partial charge in [-0.25, -0.2) is 0 Å². The van der Waals surface area contributed by atoms with E-state index in [1.54, 1.807) is 5.48 Å². The normalized spacial score (nSPS) is 14.5. The van der Waals surface area contributed by atoms with Crippen LogP contribution in [0.5, 0.6) is 0 Å². The molecule has 0 radical (unpaired) electrons. The Kier molecular flexibility index (Phi) is 5.69. The van der Waals surface area contributed by atoms with Gasteiger partial charge in [0.05, 0.1) is 0 Å². The summed E-state index contributed by atoms with van der Waals surface area (Å²) in [6.07, 6.45) is -9.17. The molecule has 1 amide bonds. The van der Waals surface area contributed by atoms with Crippen molar-refractivity contribution in [2.45, 2.75) is 25.3 Å². The van der Waals surface area contributed by atoms with Crippen molar-refractivity contribution in [3.8, 4) is 0 Å². The van der Waals surface area contributed by atoms with Gasteiger partial charge in [-0.05, 0) is 6.92 Å². The van der Waals surface area contributed by atoms with E-state index in [1.807, 2.05) is 0 Å². The highest BCUT2D eigenvalue weighted by atomic mass is 19.4. The van der Waals surface area contributed by atoms with Gasteiger partial charge in [0.15, 0.2) is 6.61 Å². The monoisotopic (exact) mass is 268 g/mol. The molecule has 0 saturated heterocycles. The molecule has 1 atom stereocenters. The fourth-order valence-corrected chi connectivity index (χ4v) is 0.642. The van der Waals surface area contributed by atoms with Crippen LogP contribution < -0.4 is 10.8 Å². The molecule has 1 unspecified atom stereocenters. The molecule has 0 aliphatic rings. The Morgan fingerprint density at radius 3 is 2.12 bits per heavy atom. The van der Waals surface area contributed by atoms with Gasteiger partial charge in [0.2, 0.25) is 5.91 Å². The second-order valence-corrected chi connectivity index (χ2v) is 3.08. The van der Waals surface area contributed by atoms with Crippen molar-refractivity contribution in [3.63, 3.8) is 0 Å². The van der Waals surface area contributed by atoms with E-state index in [0.29, 0.717) is 0 Å². The first-order valence-electron chi connectivity index (χ1n) is 4.30. The first-order chi connectivity index (χ1) is 7.51. The Morgan fingerprint density at radius 1 is 1.18 bits per heavy atom. The largest absolute Gasteiger partial charge is 0.413 e. The van der Waals surface area contributed by atoms with E-state index in [4.69, 9.17) is 0 Å². The number of hydrogen-bond donors (Lipinski definition) is 2. The van der Waals surface area contributed by atoms with Crippen molar-refractivity contribution in [2.75, 3.05) is 13.2 Å². The molecule has 0 aliphatic carbocycles. The van der Waals surface area contributed by atoms with Crippen LogP contribution in [0, 0.1) is 0 Å². The van der Waals surface area contributed by atoms with E-state index in [0.717, 1.165) is 6.92 Å². The molecule has 0 saturated carbocycles. The summed E-state index contributed by atoms with van der Waals surface area (Å²) in [6.45, 7) is -2.15. The van der Waals surface area contributed by atoms with Crippen molar-refractivity contribution in [2.24, 2.45) is 0 Å². The minimum Gasteiger partial charge on any atom is -0.346 e. The summed E-state index contributed by atoms with van der Waals surface area (Å²) in [5.74, 6) is -1.12. The molecule has 0 fully saturated rings. The van der Waals surface area contributed by atoms with Crippen LogP contribution >= 0.6 is 0 Å². The smallest absolute Gasteiger partial charge is 0.346 e. The molecule has 0 rings (SSSR count). The summed E-state index contributed by atoms with van der Waals surface area (Å²) >= 11 is 0. The average molecular weight is 268 g/mol. The SMILES string of the molecule is CC(NOCC(F)(F)F)C(=O)NCC(F)(F)F. The van der Waals surface area contributed by atoms with Crippen molar-refractivity contribution >= 4 is 5.91 Å². The number of hydroxylamine groups is 1. The van der Waals surface area contributed by atoms with Gasteiger partial charge >= 0.3 is 12.4 Å². The van der Waals surface area contributed by atoms with Gasteiger partial charge in [-0.15, -0.1) is 0 Å². The molecule has 10 heteroatoms. The van der Waals surface area contributed by atoms with Crippen LogP contribution in [0.25, 0.3) is 0 Å². The minimum absolute atomic E-state index is 1.06. The number of halogens is 6. The first kappa shape index (κ1) is 16.0. The van der Waals surface area contributed by atoms with Crippen LogP contribution in [-0.4, -0.2) is 37.5 Å². The van der Waals surface area contributed by atoms with Gasteiger partial charge in [0.25, 0.3) is 0 Å². The van der Waals surface area contributed by atoms with Crippen LogP contribution in [0.4, 0.5) is 26.3 Å². The summed E-state index contributed by atoms with van der Waals surface area (Å²) in [4.78, 5) is 14.8. The van der Waals surface area contributed by atoms with Gasteiger partial charge in [-0.2, -0.15) is 31.8 Å². The maximum absolute atomic E-state index is 11.7. The van der Waals surface area contributed by atoms with Crippen LogP contribution in [0.3, 0.4) is 0 Å². The van der Waals surface area contributed by atoms with E-state index in [1.165, 1.54) is 5.32 Å². The summed E-state index contributed by atoms with van der Waals surface area (Å²) in [6, 6.07) is -1.33. The fraction of sp³-hybridized carbons (Fsp3) is 0.857. The third-order valence-corrected chi connectivity index (χ3v) is 1.35. The lowest BCUT2D eigenvalue weighted by Gasteiger charge is -2.15. The highest BCUT2D eigenvalue weighted by Gasteiger charge is 2.30. The molecule has 0 aromatic heterocycles. The molecule has 0 aromatic carbocycles. The van der Waals surface area contributed by atoms with E-state index in [-0.39, 0.29) is 0 Å². The van der Waals surface area contributed by atoms with Crippen molar-refractivity contribution < 1.29 is 36.0 Å². The van der Waals surface area contributed by atoms with E-state index < -0.39 is 37.5 Å². The van der Waals surface area contributed by atoms with E-state index >= 15 is 0 Å². The highest BCUT2D eigenvalue weighted by molar-refractivity contribution is 5.81. The number of hydrogen-bond acceptors (Lipinski definition) is 3. The maximum Gasteiger partial charge on any atom is 0.413 e.